The molecule has 3 aromatic rings. The van der Waals surface area contributed by atoms with Crippen molar-refractivity contribution in [3.8, 4) is 34.6 Å². The second kappa shape index (κ2) is 15.8. The van der Waals surface area contributed by atoms with Crippen molar-refractivity contribution in [3.05, 3.63) is 78.4 Å². The lowest BCUT2D eigenvalue weighted by atomic mass is 10.1. The Morgan fingerprint density at radius 1 is 1.26 bits per heavy atom. The van der Waals surface area contributed by atoms with Crippen LogP contribution in [0.3, 0.4) is 0 Å². The number of amides is 2. The number of nitrogens with two attached hydrogens (primary N) is 1. The lowest BCUT2D eigenvalue weighted by Crippen LogP contribution is -2.40. The number of hydrogen-bond acceptors (Lipinski definition) is 7. The summed E-state index contributed by atoms with van der Waals surface area (Å²) in [7, 11) is 1.25. The van der Waals surface area contributed by atoms with E-state index in [1.807, 2.05) is 55.5 Å². The first-order valence-corrected chi connectivity index (χ1v) is 14.2. The van der Waals surface area contributed by atoms with Gasteiger partial charge in [0.05, 0.1) is 37.2 Å². The molecule has 1 saturated heterocycles. The van der Waals surface area contributed by atoms with Gasteiger partial charge in [-0.3, -0.25) is 4.79 Å². The van der Waals surface area contributed by atoms with Crippen LogP contribution < -0.4 is 21.1 Å². The summed E-state index contributed by atoms with van der Waals surface area (Å²) in [4.78, 5) is 37.8. The van der Waals surface area contributed by atoms with Crippen LogP contribution in [0.25, 0.3) is 11.3 Å². The van der Waals surface area contributed by atoms with Crippen LogP contribution in [0.5, 0.6) is 11.5 Å². The summed E-state index contributed by atoms with van der Waals surface area (Å²) in [5.41, 5.74) is 8.36. The standard InChI is InChI=1S/C32H37N7O4/c1-3-18-39(30(40)21-37-32(41)42-2)22-29-36-20-27(38-29)24-15-14-23(28(19-24)43-25-11-5-4-6-12-25)10-7-8-16-35-31(33)26-13-9-17-34-26/h4-6,8,11-12,14-16,19-20,26,34H,3,9,13,17-18,21-22H2,1-2H3,(H2,33,35)(H,36,38)(H,37,41)/b16-8+. The van der Waals surface area contributed by atoms with Crippen molar-refractivity contribution < 1.29 is 19.1 Å². The van der Waals surface area contributed by atoms with E-state index in [0.717, 1.165) is 37.1 Å². The number of aliphatic imine (C=N–C) groups is 1. The van der Waals surface area contributed by atoms with E-state index in [0.29, 0.717) is 35.3 Å². The molecule has 1 aliphatic heterocycles. The van der Waals surface area contributed by atoms with Crippen LogP contribution in [-0.4, -0.2) is 65.5 Å². The van der Waals surface area contributed by atoms with Gasteiger partial charge in [0.2, 0.25) is 5.91 Å². The highest BCUT2D eigenvalue weighted by Gasteiger charge is 2.18. The van der Waals surface area contributed by atoms with Crippen LogP contribution in [-0.2, 0) is 16.1 Å². The number of nitrogens with one attached hydrogen (secondary N) is 3. The first-order chi connectivity index (χ1) is 21.0. The van der Waals surface area contributed by atoms with Gasteiger partial charge in [0.25, 0.3) is 0 Å². The fraction of sp³-hybridized carbons (Fsp3) is 0.312. The molecule has 4 rings (SSSR count). The predicted octanol–water partition coefficient (Wildman–Crippen LogP) is 3.94. The highest BCUT2D eigenvalue weighted by atomic mass is 16.5. The summed E-state index contributed by atoms with van der Waals surface area (Å²) in [5.74, 6) is 8.36. The zero-order valence-electron chi connectivity index (χ0n) is 24.4. The molecule has 0 spiro atoms. The molecule has 0 radical (unpaired) electrons. The molecular weight excluding hydrogens is 546 g/mol. The number of H-pyrrole nitrogens is 1. The number of imidazole rings is 1. The summed E-state index contributed by atoms with van der Waals surface area (Å²) in [6.07, 6.45) is 7.17. The Bertz CT molecular complexity index is 1500. The monoisotopic (exact) mass is 583 g/mol. The largest absolute Gasteiger partial charge is 0.456 e. The normalized spacial score (nSPS) is 14.7. The van der Waals surface area contributed by atoms with Gasteiger partial charge in [0.15, 0.2) is 0 Å². The van der Waals surface area contributed by atoms with Crippen LogP contribution in [0.4, 0.5) is 4.79 Å². The van der Waals surface area contributed by atoms with Crippen molar-refractivity contribution in [1.82, 2.24) is 25.5 Å². The van der Waals surface area contributed by atoms with Gasteiger partial charge in [-0.15, -0.1) is 0 Å². The van der Waals surface area contributed by atoms with Crippen LogP contribution in [0.1, 0.15) is 37.6 Å². The third kappa shape index (κ3) is 9.21. The number of ether oxygens (including phenoxy) is 2. The molecule has 1 fully saturated rings. The summed E-state index contributed by atoms with van der Waals surface area (Å²) >= 11 is 0. The Morgan fingerprint density at radius 3 is 2.84 bits per heavy atom. The number of carbonyl (C=O) groups excluding carboxylic acids is 2. The SMILES string of the molecule is CCCN(Cc1ncc(-c2ccc(C#C/C=C/N=C(N)C3CCCN3)c(Oc3ccccc3)c2)[nH]1)C(=O)CNC(=O)OC. The maximum atomic E-state index is 12.7. The lowest BCUT2D eigenvalue weighted by molar-refractivity contribution is -0.130. The maximum Gasteiger partial charge on any atom is 0.407 e. The molecule has 2 aromatic carbocycles. The minimum atomic E-state index is -0.655. The topological polar surface area (TPSA) is 147 Å². The summed E-state index contributed by atoms with van der Waals surface area (Å²) in [6, 6.07) is 15.3. The zero-order valence-corrected chi connectivity index (χ0v) is 24.4. The molecule has 0 aliphatic carbocycles. The number of rotatable bonds is 11. The molecule has 11 nitrogen and oxygen atoms in total. The summed E-state index contributed by atoms with van der Waals surface area (Å²) in [5, 5.41) is 5.75. The van der Waals surface area contributed by atoms with E-state index in [4.69, 9.17) is 10.5 Å². The number of methoxy groups -OCH3 is 1. The molecule has 224 valence electrons. The van der Waals surface area contributed by atoms with E-state index in [-0.39, 0.29) is 25.0 Å². The van der Waals surface area contributed by atoms with Crippen LogP contribution >= 0.6 is 0 Å². The number of allylic oxidation sites excluding steroid dienone is 1. The number of aromatic nitrogens is 2. The van der Waals surface area contributed by atoms with Gasteiger partial charge < -0.3 is 35.7 Å². The fourth-order valence-electron chi connectivity index (χ4n) is 4.46. The van der Waals surface area contributed by atoms with E-state index in [9.17, 15) is 9.59 Å². The number of para-hydroxylation sites is 1. The number of hydrogen-bond donors (Lipinski definition) is 4. The van der Waals surface area contributed by atoms with Crippen LogP contribution in [0.2, 0.25) is 0 Å². The second-order valence-corrected chi connectivity index (χ2v) is 9.82. The number of carbonyl (C=O) groups is 2. The Morgan fingerprint density at radius 2 is 2.09 bits per heavy atom. The highest BCUT2D eigenvalue weighted by Crippen LogP contribution is 2.30. The number of nitrogens with zero attached hydrogens (tertiary/aromatic N) is 3. The van der Waals surface area contributed by atoms with Gasteiger partial charge in [-0.25, -0.2) is 14.8 Å². The first kappa shape index (κ1) is 30.9. The quantitative estimate of drug-likeness (QED) is 0.152. The third-order valence-corrected chi connectivity index (χ3v) is 6.65. The molecule has 1 aromatic heterocycles. The predicted molar refractivity (Wildman–Crippen MR) is 165 cm³/mol. The molecule has 5 N–H and O–H groups in total. The molecule has 1 unspecified atom stereocenters. The number of alkyl carbamates (subject to hydrolysis) is 1. The molecule has 0 bridgehead atoms. The van der Waals surface area contributed by atoms with Crippen molar-refractivity contribution in [2.24, 2.45) is 10.7 Å². The smallest absolute Gasteiger partial charge is 0.407 e. The van der Waals surface area contributed by atoms with Crippen molar-refractivity contribution in [2.75, 3.05) is 26.7 Å². The Labute approximate surface area is 251 Å². The van der Waals surface area contributed by atoms with Gasteiger partial charge in [-0.2, -0.15) is 0 Å². The molecule has 1 atom stereocenters. The molecule has 2 amide bonds. The van der Waals surface area contributed by atoms with Crippen molar-refractivity contribution >= 4 is 17.8 Å². The maximum absolute atomic E-state index is 12.7. The third-order valence-electron chi connectivity index (χ3n) is 6.65. The van der Waals surface area contributed by atoms with Crippen LogP contribution in [0, 0.1) is 11.8 Å². The molecule has 2 heterocycles. The van der Waals surface area contributed by atoms with Crippen molar-refractivity contribution in [3.63, 3.8) is 0 Å². The van der Waals surface area contributed by atoms with Crippen molar-refractivity contribution in [2.45, 2.75) is 38.8 Å². The number of amidine groups is 1. The van der Waals surface area contributed by atoms with E-state index >= 15 is 0 Å². The Balaban J connectivity index is 1.51. The number of benzene rings is 2. The van der Waals surface area contributed by atoms with Gasteiger partial charge in [0, 0.05) is 24.4 Å². The molecule has 1 aliphatic rings. The van der Waals surface area contributed by atoms with E-state index in [2.05, 4.69) is 42.2 Å². The molecule has 11 heteroatoms. The van der Waals surface area contributed by atoms with E-state index < -0.39 is 6.09 Å². The van der Waals surface area contributed by atoms with E-state index in [1.54, 1.807) is 23.4 Å². The lowest BCUT2D eigenvalue weighted by Gasteiger charge is -2.21. The van der Waals surface area contributed by atoms with E-state index in [1.165, 1.54) is 7.11 Å². The molecule has 0 saturated carbocycles. The Hall–Kier alpha value is -5.08. The van der Waals surface area contributed by atoms with Crippen molar-refractivity contribution in [1.29, 1.82) is 0 Å². The number of aromatic amines is 1. The summed E-state index contributed by atoms with van der Waals surface area (Å²) < 4.78 is 10.8. The van der Waals surface area contributed by atoms with Gasteiger partial charge in [0.1, 0.15) is 29.7 Å². The zero-order chi connectivity index (χ0) is 30.4. The first-order valence-electron chi connectivity index (χ1n) is 14.2. The molecular formula is C32H37N7O4. The second-order valence-electron chi connectivity index (χ2n) is 9.82. The van der Waals surface area contributed by atoms with Gasteiger partial charge >= 0.3 is 6.09 Å². The minimum absolute atomic E-state index is 0.123. The van der Waals surface area contributed by atoms with Gasteiger partial charge in [-0.1, -0.05) is 43.0 Å². The average Bonchev–Trinajstić information content (AvgIpc) is 3.73. The fourth-order valence-corrected chi connectivity index (χ4v) is 4.46. The average molecular weight is 584 g/mol. The van der Waals surface area contributed by atoms with Gasteiger partial charge in [-0.05, 0) is 50.1 Å². The highest BCUT2D eigenvalue weighted by molar-refractivity contribution is 5.86. The van der Waals surface area contributed by atoms with Crippen LogP contribution in [0.15, 0.2) is 72.0 Å². The summed E-state index contributed by atoms with van der Waals surface area (Å²) in [6.45, 7) is 3.56. The Kier molecular flexibility index (Phi) is 11.3. The minimum Gasteiger partial charge on any atom is -0.456 e. The molecule has 43 heavy (non-hydrogen) atoms.